The van der Waals surface area contributed by atoms with E-state index in [9.17, 15) is 9.59 Å². The van der Waals surface area contributed by atoms with Crippen molar-refractivity contribution in [2.24, 2.45) is 0 Å². The highest BCUT2D eigenvalue weighted by Gasteiger charge is 2.29. The third-order valence-electron chi connectivity index (χ3n) is 4.42. The molecule has 2 aromatic heterocycles. The summed E-state index contributed by atoms with van der Waals surface area (Å²) in [6.45, 7) is 1.63. The second-order valence-electron chi connectivity index (χ2n) is 6.22. The molecule has 9 nitrogen and oxygen atoms in total. The summed E-state index contributed by atoms with van der Waals surface area (Å²) in [5.41, 5.74) is 0.884. The molecule has 1 aliphatic heterocycles. The molecule has 2 amide bonds. The Hall–Kier alpha value is -3.33. The third kappa shape index (κ3) is 3.70. The van der Waals surface area contributed by atoms with Crippen LogP contribution in [-0.4, -0.2) is 63.2 Å². The van der Waals surface area contributed by atoms with Crippen molar-refractivity contribution in [3.05, 3.63) is 59.1 Å². The van der Waals surface area contributed by atoms with Gasteiger partial charge in [-0.25, -0.2) is 0 Å². The van der Waals surface area contributed by atoms with Gasteiger partial charge in [0.05, 0.1) is 6.26 Å². The van der Waals surface area contributed by atoms with E-state index in [0.29, 0.717) is 48.5 Å². The number of rotatable bonds is 4. The molecule has 0 atom stereocenters. The Kier molecular flexibility index (Phi) is 4.98. The molecule has 0 radical (unpaired) electrons. The number of aromatic amines is 1. The fourth-order valence-electron chi connectivity index (χ4n) is 2.99. The average Bonchev–Trinajstić information content (AvgIpc) is 3.39. The SMILES string of the molecule is O=C(c1ccco1)N1CCN(C(=O)c2n[nH]nc2Nc2cccc(Cl)c2)CC1. The highest BCUT2D eigenvalue weighted by molar-refractivity contribution is 6.30. The van der Waals surface area contributed by atoms with Crippen molar-refractivity contribution < 1.29 is 14.0 Å². The topological polar surface area (TPSA) is 107 Å². The van der Waals surface area contributed by atoms with Gasteiger partial charge in [-0.05, 0) is 30.3 Å². The first kappa shape index (κ1) is 18.1. The number of H-pyrrole nitrogens is 1. The minimum absolute atomic E-state index is 0.179. The van der Waals surface area contributed by atoms with Crippen LogP contribution in [-0.2, 0) is 0 Å². The summed E-state index contributed by atoms with van der Waals surface area (Å²) in [6.07, 6.45) is 1.46. The number of benzene rings is 1. The van der Waals surface area contributed by atoms with Crippen molar-refractivity contribution in [1.82, 2.24) is 25.2 Å². The number of furan rings is 1. The van der Waals surface area contributed by atoms with Crippen LogP contribution in [0.4, 0.5) is 11.5 Å². The first-order valence-corrected chi connectivity index (χ1v) is 9.05. The Bertz CT molecular complexity index is 979. The number of carbonyl (C=O) groups excluding carboxylic acids is 2. The molecule has 0 bridgehead atoms. The molecule has 1 fully saturated rings. The van der Waals surface area contributed by atoms with Crippen LogP contribution in [0.3, 0.4) is 0 Å². The van der Waals surface area contributed by atoms with E-state index in [1.807, 2.05) is 6.07 Å². The molecule has 0 saturated carbocycles. The Morgan fingerprint density at radius 1 is 1.04 bits per heavy atom. The van der Waals surface area contributed by atoms with E-state index in [-0.39, 0.29) is 17.5 Å². The maximum absolute atomic E-state index is 12.9. The summed E-state index contributed by atoms with van der Waals surface area (Å²) in [6, 6.07) is 10.4. The zero-order chi connectivity index (χ0) is 19.5. The lowest BCUT2D eigenvalue weighted by molar-refractivity contribution is 0.0515. The predicted octanol–water partition coefficient (Wildman–Crippen LogP) is 2.39. The quantitative estimate of drug-likeness (QED) is 0.696. The molecule has 4 rings (SSSR count). The number of anilines is 2. The average molecular weight is 401 g/mol. The number of halogens is 1. The van der Waals surface area contributed by atoms with Gasteiger partial charge in [0.25, 0.3) is 11.8 Å². The number of amides is 2. The van der Waals surface area contributed by atoms with Gasteiger partial charge in [-0.3, -0.25) is 9.59 Å². The Morgan fingerprint density at radius 3 is 2.46 bits per heavy atom. The van der Waals surface area contributed by atoms with Crippen LogP contribution in [0.25, 0.3) is 0 Å². The first-order chi connectivity index (χ1) is 13.6. The van der Waals surface area contributed by atoms with E-state index in [1.54, 1.807) is 40.1 Å². The maximum Gasteiger partial charge on any atom is 0.289 e. The van der Waals surface area contributed by atoms with Crippen LogP contribution in [0, 0.1) is 0 Å². The molecule has 3 aromatic rings. The highest BCUT2D eigenvalue weighted by Crippen LogP contribution is 2.21. The lowest BCUT2D eigenvalue weighted by Crippen LogP contribution is -2.50. The molecule has 0 aliphatic carbocycles. The van der Waals surface area contributed by atoms with Crippen molar-refractivity contribution in [2.75, 3.05) is 31.5 Å². The summed E-state index contributed by atoms with van der Waals surface area (Å²) in [5, 5.41) is 14.1. The van der Waals surface area contributed by atoms with Gasteiger partial charge in [0.15, 0.2) is 17.3 Å². The zero-order valence-electron chi connectivity index (χ0n) is 14.8. The van der Waals surface area contributed by atoms with Crippen molar-refractivity contribution >= 4 is 34.9 Å². The molecule has 1 saturated heterocycles. The third-order valence-corrected chi connectivity index (χ3v) is 4.66. The van der Waals surface area contributed by atoms with Gasteiger partial charge in [0.1, 0.15) is 0 Å². The number of hydrogen-bond donors (Lipinski definition) is 2. The zero-order valence-corrected chi connectivity index (χ0v) is 15.5. The van der Waals surface area contributed by atoms with Gasteiger partial charge < -0.3 is 19.5 Å². The second kappa shape index (κ2) is 7.73. The van der Waals surface area contributed by atoms with Crippen LogP contribution >= 0.6 is 11.6 Å². The molecule has 0 unspecified atom stereocenters. The number of carbonyl (C=O) groups is 2. The van der Waals surface area contributed by atoms with E-state index in [4.69, 9.17) is 16.0 Å². The normalized spacial score (nSPS) is 14.2. The Balaban J connectivity index is 1.41. The van der Waals surface area contributed by atoms with E-state index in [1.165, 1.54) is 6.26 Å². The predicted molar refractivity (Wildman–Crippen MR) is 102 cm³/mol. The van der Waals surface area contributed by atoms with Gasteiger partial charge in [0.2, 0.25) is 0 Å². The maximum atomic E-state index is 12.9. The molecular weight excluding hydrogens is 384 g/mol. The Labute approximate surface area is 165 Å². The van der Waals surface area contributed by atoms with Crippen LogP contribution in [0.15, 0.2) is 47.1 Å². The monoisotopic (exact) mass is 400 g/mol. The molecule has 2 N–H and O–H groups in total. The van der Waals surface area contributed by atoms with Crippen molar-refractivity contribution in [1.29, 1.82) is 0 Å². The largest absolute Gasteiger partial charge is 0.459 e. The van der Waals surface area contributed by atoms with E-state index < -0.39 is 0 Å². The van der Waals surface area contributed by atoms with Gasteiger partial charge in [0, 0.05) is 36.9 Å². The van der Waals surface area contributed by atoms with Crippen molar-refractivity contribution in [2.45, 2.75) is 0 Å². The standard InChI is InChI=1S/C18H17ClN6O3/c19-12-3-1-4-13(11-12)20-16-15(21-23-22-16)18(27)25-8-6-24(7-9-25)17(26)14-5-2-10-28-14/h1-5,10-11H,6-9H2,(H2,20,21,22,23). The minimum Gasteiger partial charge on any atom is -0.459 e. The fraction of sp³-hybridized carbons (Fsp3) is 0.222. The van der Waals surface area contributed by atoms with Crippen LogP contribution in [0.2, 0.25) is 5.02 Å². The minimum atomic E-state index is -0.261. The molecule has 1 aromatic carbocycles. The summed E-state index contributed by atoms with van der Waals surface area (Å²) in [5.74, 6) is 0.177. The summed E-state index contributed by atoms with van der Waals surface area (Å²) in [4.78, 5) is 28.5. The number of hydrogen-bond acceptors (Lipinski definition) is 6. The van der Waals surface area contributed by atoms with Gasteiger partial charge in [-0.15, -0.1) is 10.2 Å². The number of nitrogens with one attached hydrogen (secondary N) is 2. The van der Waals surface area contributed by atoms with Crippen LogP contribution in [0.5, 0.6) is 0 Å². The molecule has 3 heterocycles. The lowest BCUT2D eigenvalue weighted by atomic mass is 10.2. The molecule has 10 heteroatoms. The Morgan fingerprint density at radius 2 is 1.79 bits per heavy atom. The van der Waals surface area contributed by atoms with Crippen LogP contribution in [0.1, 0.15) is 21.0 Å². The second-order valence-corrected chi connectivity index (χ2v) is 6.65. The van der Waals surface area contributed by atoms with Gasteiger partial charge >= 0.3 is 0 Å². The van der Waals surface area contributed by atoms with E-state index in [2.05, 4.69) is 20.7 Å². The fourth-order valence-corrected chi connectivity index (χ4v) is 3.18. The highest BCUT2D eigenvalue weighted by atomic mass is 35.5. The molecule has 28 heavy (non-hydrogen) atoms. The van der Waals surface area contributed by atoms with Crippen LogP contribution < -0.4 is 5.32 Å². The molecule has 144 valence electrons. The number of nitrogens with zero attached hydrogens (tertiary/aromatic N) is 4. The smallest absolute Gasteiger partial charge is 0.289 e. The summed E-state index contributed by atoms with van der Waals surface area (Å²) >= 11 is 5.99. The van der Waals surface area contributed by atoms with E-state index in [0.717, 1.165) is 0 Å². The molecule has 1 aliphatic rings. The van der Waals surface area contributed by atoms with Crippen molar-refractivity contribution in [3.63, 3.8) is 0 Å². The lowest BCUT2D eigenvalue weighted by Gasteiger charge is -2.34. The van der Waals surface area contributed by atoms with Gasteiger partial charge in [-0.2, -0.15) is 5.21 Å². The molecule has 0 spiro atoms. The first-order valence-electron chi connectivity index (χ1n) is 8.67. The number of piperazine rings is 1. The summed E-state index contributed by atoms with van der Waals surface area (Å²) < 4.78 is 5.15. The summed E-state index contributed by atoms with van der Waals surface area (Å²) in [7, 11) is 0. The van der Waals surface area contributed by atoms with Gasteiger partial charge in [-0.1, -0.05) is 17.7 Å². The van der Waals surface area contributed by atoms with Crippen molar-refractivity contribution in [3.8, 4) is 0 Å². The number of aromatic nitrogens is 3. The molecular formula is C18H17ClN6O3. The van der Waals surface area contributed by atoms with E-state index >= 15 is 0 Å².